The van der Waals surface area contributed by atoms with Gasteiger partial charge in [0.1, 0.15) is 12.4 Å². The topological polar surface area (TPSA) is 97.3 Å². The number of aryl methyl sites for hydroxylation is 3. The lowest BCUT2D eigenvalue weighted by Gasteiger charge is -2.20. The van der Waals surface area contributed by atoms with E-state index in [0.29, 0.717) is 31.8 Å². The minimum absolute atomic E-state index is 0.0172. The molecule has 0 saturated heterocycles. The van der Waals surface area contributed by atoms with E-state index in [0.717, 1.165) is 16.9 Å². The zero-order valence-corrected chi connectivity index (χ0v) is 20.2. The first kappa shape index (κ1) is 24.2. The number of fused-ring (bicyclic) bond motifs is 1. The van der Waals surface area contributed by atoms with Crippen LogP contribution in [0, 0.1) is 13.8 Å². The van der Waals surface area contributed by atoms with Crippen LogP contribution in [0.3, 0.4) is 0 Å². The van der Waals surface area contributed by atoms with Gasteiger partial charge in [-0.05, 0) is 55.5 Å². The Bertz CT molecular complexity index is 1270. The summed E-state index contributed by atoms with van der Waals surface area (Å²) in [6, 6.07) is 7.63. The molecule has 0 saturated carbocycles. The highest BCUT2D eigenvalue weighted by molar-refractivity contribution is 6.05. The number of benzene rings is 1. The number of carbonyl (C=O) groups is 1. The van der Waals surface area contributed by atoms with Gasteiger partial charge in [0, 0.05) is 19.3 Å². The lowest BCUT2D eigenvalue weighted by Crippen LogP contribution is -2.35. The van der Waals surface area contributed by atoms with Crippen molar-refractivity contribution < 1.29 is 9.53 Å². The fourth-order valence-electron chi connectivity index (χ4n) is 3.81. The van der Waals surface area contributed by atoms with Gasteiger partial charge in [-0.3, -0.25) is 19.1 Å². The molecule has 8 heteroatoms. The molecule has 0 radical (unpaired) electrons. The molecule has 1 N–H and O–H groups in total. The van der Waals surface area contributed by atoms with E-state index in [9.17, 15) is 14.4 Å². The second-order valence-electron chi connectivity index (χ2n) is 8.76. The number of pyridine rings is 1. The number of H-pyrrole nitrogens is 1. The van der Waals surface area contributed by atoms with Gasteiger partial charge < -0.3 is 9.64 Å². The second kappa shape index (κ2) is 10.0. The zero-order valence-electron chi connectivity index (χ0n) is 20.2. The fourth-order valence-corrected chi connectivity index (χ4v) is 3.81. The maximum absolute atomic E-state index is 13.4. The summed E-state index contributed by atoms with van der Waals surface area (Å²) in [6.07, 6.45) is 0.688. The Labute approximate surface area is 193 Å². The molecule has 0 aliphatic heterocycles. The minimum Gasteiger partial charge on any atom is -0.492 e. The van der Waals surface area contributed by atoms with Gasteiger partial charge in [0.15, 0.2) is 5.65 Å². The maximum Gasteiger partial charge on any atom is 0.329 e. The fraction of sp³-hybridized carbons (Fsp3) is 0.440. The number of carbonyl (C=O) groups excluding carboxylic acids is 1. The SMILES string of the molecule is CCCn1c(=O)[nH]c(=O)c2c(C(=O)N(C)CCOc3cc(C)cc(C)c3)cc(C(C)C)nc21. The van der Waals surface area contributed by atoms with Crippen molar-refractivity contribution in [3.05, 3.63) is 67.5 Å². The van der Waals surface area contributed by atoms with Gasteiger partial charge in [-0.25, -0.2) is 9.78 Å². The molecule has 0 atom stereocenters. The van der Waals surface area contributed by atoms with E-state index in [1.807, 2.05) is 46.8 Å². The van der Waals surface area contributed by atoms with Crippen LogP contribution in [0.25, 0.3) is 11.0 Å². The largest absolute Gasteiger partial charge is 0.492 e. The first-order valence-electron chi connectivity index (χ1n) is 11.3. The molecular formula is C25H32N4O4. The third-order valence-corrected chi connectivity index (χ3v) is 5.47. The first-order valence-corrected chi connectivity index (χ1v) is 11.3. The van der Waals surface area contributed by atoms with Crippen LogP contribution in [0.5, 0.6) is 5.75 Å². The summed E-state index contributed by atoms with van der Waals surface area (Å²) >= 11 is 0. The highest BCUT2D eigenvalue weighted by Gasteiger charge is 2.22. The van der Waals surface area contributed by atoms with Crippen molar-refractivity contribution in [1.29, 1.82) is 0 Å². The molecule has 176 valence electrons. The normalized spacial score (nSPS) is 11.2. The smallest absolute Gasteiger partial charge is 0.329 e. The van der Waals surface area contributed by atoms with Crippen LogP contribution in [0.1, 0.15) is 60.3 Å². The minimum atomic E-state index is -0.603. The van der Waals surface area contributed by atoms with Gasteiger partial charge in [-0.1, -0.05) is 26.8 Å². The Balaban J connectivity index is 1.95. The Morgan fingerprint density at radius 2 is 1.82 bits per heavy atom. The van der Waals surface area contributed by atoms with Crippen LogP contribution in [0.2, 0.25) is 0 Å². The molecule has 0 unspecified atom stereocenters. The second-order valence-corrected chi connectivity index (χ2v) is 8.76. The third-order valence-electron chi connectivity index (χ3n) is 5.47. The van der Waals surface area contributed by atoms with Crippen molar-refractivity contribution in [2.75, 3.05) is 20.2 Å². The number of aromatic amines is 1. The molecule has 0 fully saturated rings. The van der Waals surface area contributed by atoms with E-state index in [1.165, 1.54) is 9.47 Å². The Kier molecular flexibility index (Phi) is 7.36. The maximum atomic E-state index is 13.4. The Hall–Kier alpha value is -3.42. The predicted molar refractivity (Wildman–Crippen MR) is 129 cm³/mol. The van der Waals surface area contributed by atoms with Crippen LogP contribution in [-0.2, 0) is 6.54 Å². The monoisotopic (exact) mass is 452 g/mol. The molecular weight excluding hydrogens is 420 g/mol. The van der Waals surface area contributed by atoms with Crippen molar-refractivity contribution in [3.8, 4) is 5.75 Å². The lowest BCUT2D eigenvalue weighted by atomic mass is 10.0. The number of rotatable bonds is 8. The van der Waals surface area contributed by atoms with E-state index in [2.05, 4.69) is 16.0 Å². The quantitative estimate of drug-likeness (QED) is 0.565. The summed E-state index contributed by atoms with van der Waals surface area (Å²) in [6.45, 7) is 10.9. The average molecular weight is 453 g/mol. The van der Waals surface area contributed by atoms with Gasteiger partial charge in [0.25, 0.3) is 11.5 Å². The average Bonchev–Trinajstić information content (AvgIpc) is 2.74. The molecule has 0 bridgehead atoms. The molecule has 3 rings (SSSR count). The van der Waals surface area contributed by atoms with Gasteiger partial charge in [0.05, 0.1) is 17.5 Å². The van der Waals surface area contributed by atoms with Crippen molar-refractivity contribution in [2.24, 2.45) is 0 Å². The number of hydrogen-bond acceptors (Lipinski definition) is 5. The highest BCUT2D eigenvalue weighted by atomic mass is 16.5. The molecule has 1 aromatic carbocycles. The molecule has 1 amide bonds. The summed E-state index contributed by atoms with van der Waals surface area (Å²) in [5.74, 6) is 0.453. The number of ether oxygens (including phenoxy) is 1. The summed E-state index contributed by atoms with van der Waals surface area (Å²) in [5.41, 5.74) is 2.24. The molecule has 33 heavy (non-hydrogen) atoms. The lowest BCUT2D eigenvalue weighted by molar-refractivity contribution is 0.0775. The standard InChI is InChI=1S/C25H32N4O4/c1-7-8-29-22-21(23(30)27-25(29)32)19(14-20(26-22)15(2)3)24(31)28(6)9-10-33-18-12-16(4)11-17(5)13-18/h11-15H,7-10H2,1-6H3,(H,27,30,32). The van der Waals surface area contributed by atoms with Crippen LogP contribution in [0.15, 0.2) is 33.9 Å². The molecule has 8 nitrogen and oxygen atoms in total. The van der Waals surface area contributed by atoms with Crippen LogP contribution < -0.4 is 16.0 Å². The highest BCUT2D eigenvalue weighted by Crippen LogP contribution is 2.21. The number of nitrogens with one attached hydrogen (secondary N) is 1. The third kappa shape index (κ3) is 5.32. The van der Waals surface area contributed by atoms with Gasteiger partial charge in [-0.15, -0.1) is 0 Å². The van der Waals surface area contributed by atoms with Crippen LogP contribution >= 0.6 is 0 Å². The van der Waals surface area contributed by atoms with E-state index >= 15 is 0 Å². The number of amides is 1. The Morgan fingerprint density at radius 3 is 2.42 bits per heavy atom. The molecule has 3 aromatic rings. The van der Waals surface area contributed by atoms with Gasteiger partial charge >= 0.3 is 5.69 Å². The number of likely N-dealkylation sites (N-methyl/N-ethyl adjacent to an activating group) is 1. The molecule has 0 aliphatic carbocycles. The predicted octanol–water partition coefficient (Wildman–Crippen LogP) is 3.39. The molecule has 2 heterocycles. The van der Waals surface area contributed by atoms with Crippen molar-refractivity contribution in [2.45, 2.75) is 53.5 Å². The Morgan fingerprint density at radius 1 is 1.15 bits per heavy atom. The van der Waals surface area contributed by atoms with Crippen molar-refractivity contribution in [3.63, 3.8) is 0 Å². The van der Waals surface area contributed by atoms with Gasteiger partial charge in [0.2, 0.25) is 0 Å². The van der Waals surface area contributed by atoms with Crippen LogP contribution in [0.4, 0.5) is 0 Å². The molecule has 2 aromatic heterocycles. The van der Waals surface area contributed by atoms with E-state index in [-0.39, 0.29) is 28.4 Å². The first-order chi connectivity index (χ1) is 15.6. The summed E-state index contributed by atoms with van der Waals surface area (Å²) in [7, 11) is 1.67. The summed E-state index contributed by atoms with van der Waals surface area (Å²) in [4.78, 5) is 47.0. The number of aromatic nitrogens is 3. The number of nitrogens with zero attached hydrogens (tertiary/aromatic N) is 3. The summed E-state index contributed by atoms with van der Waals surface area (Å²) in [5, 5.41) is 0.138. The van der Waals surface area contributed by atoms with Crippen LogP contribution in [-0.4, -0.2) is 45.5 Å². The molecule has 0 aliphatic rings. The van der Waals surface area contributed by atoms with E-state index in [1.54, 1.807) is 13.1 Å². The van der Waals surface area contributed by atoms with Gasteiger partial charge in [-0.2, -0.15) is 0 Å². The van der Waals surface area contributed by atoms with Crippen molar-refractivity contribution >= 4 is 16.9 Å². The van der Waals surface area contributed by atoms with E-state index < -0.39 is 11.2 Å². The zero-order chi connectivity index (χ0) is 24.3. The van der Waals surface area contributed by atoms with E-state index in [4.69, 9.17) is 4.74 Å². The summed E-state index contributed by atoms with van der Waals surface area (Å²) < 4.78 is 7.28. The van der Waals surface area contributed by atoms with Crippen molar-refractivity contribution in [1.82, 2.24) is 19.4 Å². The molecule has 0 spiro atoms. The number of hydrogen-bond donors (Lipinski definition) is 1.